The van der Waals surface area contributed by atoms with Gasteiger partial charge in [0.15, 0.2) is 0 Å². The van der Waals surface area contributed by atoms with Crippen LogP contribution in [0.4, 0.5) is 13.2 Å². The fraction of sp³-hybridized carbons (Fsp3) is 0.800. The van der Waals surface area contributed by atoms with Crippen LogP contribution in [0.15, 0.2) is 0 Å². The van der Waals surface area contributed by atoms with E-state index in [0.29, 0.717) is 0 Å². The van der Waals surface area contributed by atoms with E-state index in [-0.39, 0.29) is 0 Å². The second kappa shape index (κ2) is 4.14. The first-order valence-electron chi connectivity index (χ1n) is 2.63. The van der Waals surface area contributed by atoms with Crippen LogP contribution in [0.5, 0.6) is 0 Å². The van der Waals surface area contributed by atoms with E-state index in [1.54, 1.807) is 0 Å². The van der Waals surface area contributed by atoms with Gasteiger partial charge in [0.05, 0.1) is 0 Å². The lowest BCUT2D eigenvalue weighted by atomic mass is 10.5. The van der Waals surface area contributed by atoms with Crippen LogP contribution in [-0.2, 0) is 9.53 Å². The van der Waals surface area contributed by atoms with Crippen molar-refractivity contribution in [3.63, 3.8) is 0 Å². The summed E-state index contributed by atoms with van der Waals surface area (Å²) in [5.41, 5.74) is 0. The molecule has 60 valence electrons. The van der Waals surface area contributed by atoms with Crippen molar-refractivity contribution in [1.29, 1.82) is 0 Å². The number of halogens is 3. The van der Waals surface area contributed by atoms with Gasteiger partial charge in [0.2, 0.25) is 0 Å². The van der Waals surface area contributed by atoms with Crippen molar-refractivity contribution in [3.05, 3.63) is 0 Å². The molecule has 2 nitrogen and oxygen atoms in total. The largest absolute Gasteiger partial charge is 0.458 e. The van der Waals surface area contributed by atoms with Gasteiger partial charge in [-0.15, -0.1) is 0 Å². The molecule has 0 aromatic carbocycles. The molecule has 0 N–H and O–H groups in total. The highest BCUT2D eigenvalue weighted by Gasteiger charge is 2.17. The van der Waals surface area contributed by atoms with Gasteiger partial charge in [-0.3, -0.25) is 0 Å². The number of carbonyl (C=O) groups is 1. The van der Waals surface area contributed by atoms with Crippen LogP contribution in [0, 0.1) is 0 Å². The summed E-state index contributed by atoms with van der Waals surface area (Å²) in [6.07, 6.45) is -4.57. The van der Waals surface area contributed by atoms with Gasteiger partial charge >= 0.3 is 12.4 Å². The van der Waals surface area contributed by atoms with Crippen LogP contribution in [-0.4, -0.2) is 25.2 Å². The molecule has 0 fully saturated rings. The summed E-state index contributed by atoms with van der Waals surface area (Å²) in [5, 5.41) is 0. The number of hydrogen-bond acceptors (Lipinski definition) is 2. The van der Waals surface area contributed by atoms with Gasteiger partial charge < -0.3 is 4.74 Å². The van der Waals surface area contributed by atoms with Crippen LogP contribution in [0.25, 0.3) is 0 Å². The zero-order valence-corrected chi connectivity index (χ0v) is 5.31. The summed E-state index contributed by atoms with van der Waals surface area (Å²) < 4.78 is 38.2. The predicted octanol–water partition coefficient (Wildman–Crippen LogP) is 1.15. The fourth-order valence-corrected chi connectivity index (χ4v) is 0.260. The Morgan fingerprint density at radius 2 is 2.00 bits per heavy atom. The lowest BCUT2D eigenvalue weighted by Gasteiger charge is -2.02. The molecule has 0 bridgehead atoms. The van der Waals surface area contributed by atoms with Gasteiger partial charge in [-0.2, -0.15) is 8.78 Å². The van der Waals surface area contributed by atoms with Crippen molar-refractivity contribution in [2.24, 2.45) is 0 Å². The van der Waals surface area contributed by atoms with Crippen molar-refractivity contribution in [2.75, 3.05) is 6.61 Å². The van der Waals surface area contributed by atoms with Crippen LogP contribution in [0.3, 0.4) is 0 Å². The van der Waals surface area contributed by atoms with Gasteiger partial charge in [-0.05, 0) is 6.92 Å². The lowest BCUT2D eigenvalue weighted by molar-refractivity contribution is -0.157. The Morgan fingerprint density at radius 1 is 1.50 bits per heavy atom. The Kier molecular flexibility index (Phi) is 3.83. The summed E-state index contributed by atoms with van der Waals surface area (Å²) in [6.45, 7) is 0.502. The van der Waals surface area contributed by atoms with Crippen LogP contribution in [0.2, 0.25) is 0 Å². The molecule has 0 heterocycles. The van der Waals surface area contributed by atoms with Crippen LogP contribution >= 0.6 is 0 Å². The molecule has 5 heteroatoms. The van der Waals surface area contributed by atoms with E-state index in [9.17, 15) is 18.0 Å². The summed E-state index contributed by atoms with van der Waals surface area (Å²) in [5.74, 6) is -1.68. The normalized spacial score (nSPS) is 13.3. The van der Waals surface area contributed by atoms with Crippen molar-refractivity contribution in [3.8, 4) is 0 Å². The minimum Gasteiger partial charge on any atom is -0.458 e. The molecule has 0 amide bonds. The molecule has 0 aliphatic heterocycles. The monoisotopic (exact) mass is 156 g/mol. The molecule has 0 saturated heterocycles. The molecule has 1 unspecified atom stereocenters. The Bertz CT molecular complexity index is 113. The molecule has 0 aliphatic rings. The summed E-state index contributed by atoms with van der Waals surface area (Å²) in [6, 6.07) is 0. The molecule has 0 aliphatic carbocycles. The lowest BCUT2D eigenvalue weighted by Crippen LogP contribution is -2.18. The molecule has 0 spiro atoms. The van der Waals surface area contributed by atoms with E-state index < -0.39 is 25.2 Å². The second-order valence-corrected chi connectivity index (χ2v) is 1.71. The average molecular weight is 156 g/mol. The maximum Gasteiger partial charge on any atom is 0.373 e. The minimum atomic E-state index is -3.17. The maximum absolute atomic E-state index is 11.8. The van der Waals surface area contributed by atoms with Gasteiger partial charge in [-0.1, -0.05) is 0 Å². The number of rotatable bonds is 3. The Labute approximate surface area is 56.0 Å². The fourth-order valence-electron chi connectivity index (χ4n) is 0.260. The number of esters is 1. The smallest absolute Gasteiger partial charge is 0.373 e. The summed E-state index contributed by atoms with van der Waals surface area (Å²) >= 11 is 0. The van der Waals surface area contributed by atoms with Crippen molar-refractivity contribution < 1.29 is 22.7 Å². The molecule has 10 heavy (non-hydrogen) atoms. The van der Waals surface area contributed by atoms with E-state index in [2.05, 4.69) is 4.74 Å². The first-order valence-corrected chi connectivity index (χ1v) is 2.63. The van der Waals surface area contributed by atoms with E-state index in [1.165, 1.54) is 0 Å². The third-order valence-corrected chi connectivity index (χ3v) is 0.633. The molecule has 0 saturated carbocycles. The minimum absolute atomic E-state index is 0.608. The van der Waals surface area contributed by atoms with Gasteiger partial charge in [-0.25, -0.2) is 9.18 Å². The number of carbonyl (C=O) groups excluding carboxylic acids is 1. The molecule has 0 aromatic rings. The van der Waals surface area contributed by atoms with Gasteiger partial charge in [0, 0.05) is 0 Å². The number of ether oxygens (including phenoxy) is 1. The van der Waals surface area contributed by atoms with Crippen molar-refractivity contribution in [2.45, 2.75) is 19.5 Å². The topological polar surface area (TPSA) is 26.3 Å². The molecule has 0 radical (unpaired) electrons. The van der Waals surface area contributed by atoms with Crippen LogP contribution < -0.4 is 0 Å². The summed E-state index contributed by atoms with van der Waals surface area (Å²) in [7, 11) is 0. The first kappa shape index (κ1) is 9.26. The Morgan fingerprint density at radius 3 is 2.30 bits per heavy atom. The highest BCUT2D eigenvalue weighted by atomic mass is 19.3. The molecule has 0 aromatic heterocycles. The number of alkyl halides is 3. The standard InChI is InChI=1S/C5H7F3O2/c1-3(6)2-10-5(9)4(7)8/h3-4H,2H2,1H3. The first-order chi connectivity index (χ1) is 4.54. The molecule has 0 rings (SSSR count). The van der Waals surface area contributed by atoms with E-state index in [0.717, 1.165) is 6.92 Å². The predicted molar refractivity (Wildman–Crippen MR) is 27.5 cm³/mol. The summed E-state index contributed by atoms with van der Waals surface area (Å²) in [4.78, 5) is 9.91. The van der Waals surface area contributed by atoms with Crippen LogP contribution in [0.1, 0.15) is 6.92 Å². The quantitative estimate of drug-likeness (QED) is 0.573. The molecular formula is C5H7F3O2. The maximum atomic E-state index is 11.8. The third-order valence-electron chi connectivity index (χ3n) is 0.633. The van der Waals surface area contributed by atoms with E-state index in [4.69, 9.17) is 0 Å². The molecular weight excluding hydrogens is 149 g/mol. The third kappa shape index (κ3) is 4.17. The SMILES string of the molecule is CC(F)COC(=O)C(F)F. The molecule has 1 atom stereocenters. The van der Waals surface area contributed by atoms with Crippen molar-refractivity contribution >= 4 is 5.97 Å². The van der Waals surface area contributed by atoms with Crippen molar-refractivity contribution in [1.82, 2.24) is 0 Å². The highest BCUT2D eigenvalue weighted by molar-refractivity contribution is 5.72. The van der Waals surface area contributed by atoms with Gasteiger partial charge in [0.25, 0.3) is 0 Å². The Hall–Kier alpha value is -0.740. The number of hydrogen-bond donors (Lipinski definition) is 0. The highest BCUT2D eigenvalue weighted by Crippen LogP contribution is 1.97. The zero-order valence-electron chi connectivity index (χ0n) is 5.31. The Balaban J connectivity index is 3.40. The van der Waals surface area contributed by atoms with E-state index >= 15 is 0 Å². The van der Waals surface area contributed by atoms with Gasteiger partial charge in [0.1, 0.15) is 12.8 Å². The average Bonchev–Trinajstić information content (AvgIpc) is 1.82. The zero-order chi connectivity index (χ0) is 8.15. The second-order valence-electron chi connectivity index (χ2n) is 1.71. The van der Waals surface area contributed by atoms with E-state index in [1.807, 2.05) is 0 Å².